The summed E-state index contributed by atoms with van der Waals surface area (Å²) >= 11 is 10.8. The number of carbonyl (C=O) groups is 2. The summed E-state index contributed by atoms with van der Waals surface area (Å²) < 4.78 is 0. The van der Waals surface area contributed by atoms with Crippen molar-refractivity contribution in [3.63, 3.8) is 0 Å². The van der Waals surface area contributed by atoms with Gasteiger partial charge in [-0.2, -0.15) is 0 Å². The Morgan fingerprint density at radius 3 is 2.65 bits per heavy atom. The minimum absolute atomic E-state index is 0.0398. The van der Waals surface area contributed by atoms with Gasteiger partial charge in [-0.05, 0) is 43.4 Å². The number of anilines is 1. The Morgan fingerprint density at radius 1 is 1.45 bits per heavy atom. The van der Waals surface area contributed by atoms with Gasteiger partial charge in [-0.1, -0.05) is 11.6 Å². The van der Waals surface area contributed by atoms with Gasteiger partial charge in [-0.15, -0.1) is 0 Å². The zero-order valence-electron chi connectivity index (χ0n) is 10.9. The van der Waals surface area contributed by atoms with E-state index in [1.165, 1.54) is 4.90 Å². The van der Waals surface area contributed by atoms with Gasteiger partial charge in [-0.25, -0.2) is 0 Å². The highest BCUT2D eigenvalue weighted by atomic mass is 35.5. The van der Waals surface area contributed by atoms with Crippen LogP contribution in [0.5, 0.6) is 0 Å². The van der Waals surface area contributed by atoms with Crippen LogP contribution in [0.1, 0.15) is 13.3 Å². The summed E-state index contributed by atoms with van der Waals surface area (Å²) in [5, 5.41) is 6.54. The molecular formula is C13H14ClN3O2S. The maximum Gasteiger partial charge on any atom is 0.251 e. The summed E-state index contributed by atoms with van der Waals surface area (Å²) in [5.74, 6) is -0.414. The third-order valence-electron chi connectivity index (χ3n) is 2.94. The first kappa shape index (κ1) is 14.7. The number of rotatable bonds is 4. The Balaban J connectivity index is 1.94. The van der Waals surface area contributed by atoms with E-state index in [1.807, 2.05) is 6.92 Å². The highest BCUT2D eigenvalue weighted by Crippen LogP contribution is 2.15. The van der Waals surface area contributed by atoms with E-state index in [1.54, 1.807) is 24.3 Å². The molecule has 0 spiro atoms. The summed E-state index contributed by atoms with van der Waals surface area (Å²) in [5.41, 5.74) is 0.639. The first-order chi connectivity index (χ1) is 9.51. The SMILES string of the molecule is CCN1C(=O)[C@@H](CC(=O)Nc2ccc(Cl)cc2)NC1=S. The molecule has 2 rings (SSSR count). The Hall–Kier alpha value is -1.66. The summed E-state index contributed by atoms with van der Waals surface area (Å²) in [4.78, 5) is 25.3. The third kappa shape index (κ3) is 3.26. The second-order valence-electron chi connectivity index (χ2n) is 4.34. The molecule has 0 radical (unpaired) electrons. The minimum Gasteiger partial charge on any atom is -0.350 e. The van der Waals surface area contributed by atoms with Crippen LogP contribution in [-0.4, -0.2) is 34.4 Å². The van der Waals surface area contributed by atoms with Gasteiger partial charge in [0.05, 0.1) is 6.42 Å². The van der Waals surface area contributed by atoms with E-state index in [0.29, 0.717) is 22.4 Å². The monoisotopic (exact) mass is 311 g/mol. The van der Waals surface area contributed by atoms with Crippen molar-refractivity contribution in [1.82, 2.24) is 10.2 Å². The first-order valence-electron chi connectivity index (χ1n) is 6.18. The molecule has 0 aromatic heterocycles. The maximum absolute atomic E-state index is 12.0. The number of likely N-dealkylation sites (N-methyl/N-ethyl adjacent to an activating group) is 1. The van der Waals surface area contributed by atoms with Crippen molar-refractivity contribution < 1.29 is 9.59 Å². The van der Waals surface area contributed by atoms with Gasteiger partial charge in [0, 0.05) is 17.3 Å². The predicted octanol–water partition coefficient (Wildman–Crippen LogP) is 1.77. The smallest absolute Gasteiger partial charge is 0.251 e. The van der Waals surface area contributed by atoms with Gasteiger partial charge >= 0.3 is 0 Å². The van der Waals surface area contributed by atoms with E-state index in [2.05, 4.69) is 10.6 Å². The largest absolute Gasteiger partial charge is 0.350 e. The quantitative estimate of drug-likeness (QED) is 0.832. The van der Waals surface area contributed by atoms with Gasteiger partial charge in [0.25, 0.3) is 5.91 Å². The second-order valence-corrected chi connectivity index (χ2v) is 5.17. The maximum atomic E-state index is 12.0. The van der Waals surface area contributed by atoms with Crippen molar-refractivity contribution in [2.45, 2.75) is 19.4 Å². The summed E-state index contributed by atoms with van der Waals surface area (Å²) in [6.45, 7) is 2.34. The van der Waals surface area contributed by atoms with Gasteiger partial charge in [0.15, 0.2) is 5.11 Å². The van der Waals surface area contributed by atoms with Crippen molar-refractivity contribution in [3.05, 3.63) is 29.3 Å². The lowest BCUT2D eigenvalue weighted by molar-refractivity contribution is -0.129. The number of hydrogen-bond acceptors (Lipinski definition) is 3. The number of amides is 2. The molecule has 0 saturated carbocycles. The lowest BCUT2D eigenvalue weighted by Crippen LogP contribution is -2.34. The molecule has 1 aromatic carbocycles. The van der Waals surface area contributed by atoms with Gasteiger partial charge in [0.2, 0.25) is 5.91 Å². The molecule has 1 aliphatic rings. The molecule has 2 N–H and O–H groups in total. The van der Waals surface area contributed by atoms with Crippen molar-refractivity contribution in [1.29, 1.82) is 0 Å². The van der Waals surface area contributed by atoms with Crippen LogP contribution in [0.3, 0.4) is 0 Å². The Kier molecular flexibility index (Phi) is 4.57. The number of halogens is 1. The van der Waals surface area contributed by atoms with Gasteiger partial charge in [-0.3, -0.25) is 14.5 Å². The Labute approximate surface area is 127 Å². The van der Waals surface area contributed by atoms with E-state index in [0.717, 1.165) is 0 Å². The average molecular weight is 312 g/mol. The molecule has 20 heavy (non-hydrogen) atoms. The number of nitrogens with one attached hydrogen (secondary N) is 2. The molecular weight excluding hydrogens is 298 g/mol. The molecule has 2 amide bonds. The van der Waals surface area contributed by atoms with E-state index in [4.69, 9.17) is 23.8 Å². The van der Waals surface area contributed by atoms with Crippen molar-refractivity contribution in [3.8, 4) is 0 Å². The van der Waals surface area contributed by atoms with Crippen LogP contribution in [0.2, 0.25) is 5.02 Å². The minimum atomic E-state index is -0.588. The first-order valence-corrected chi connectivity index (χ1v) is 6.97. The normalized spacial score (nSPS) is 18.1. The highest BCUT2D eigenvalue weighted by molar-refractivity contribution is 7.80. The predicted molar refractivity (Wildman–Crippen MR) is 81.6 cm³/mol. The fourth-order valence-electron chi connectivity index (χ4n) is 1.95. The van der Waals surface area contributed by atoms with Crippen molar-refractivity contribution >= 4 is 46.4 Å². The van der Waals surface area contributed by atoms with Crippen LogP contribution >= 0.6 is 23.8 Å². The van der Waals surface area contributed by atoms with Crippen molar-refractivity contribution in [2.24, 2.45) is 0 Å². The topological polar surface area (TPSA) is 61.4 Å². The Bertz CT molecular complexity index is 547. The number of nitrogens with zero attached hydrogens (tertiary/aromatic N) is 1. The molecule has 1 atom stereocenters. The van der Waals surface area contributed by atoms with E-state index >= 15 is 0 Å². The van der Waals surface area contributed by atoms with Crippen LogP contribution in [0.25, 0.3) is 0 Å². The molecule has 106 valence electrons. The molecule has 7 heteroatoms. The molecule has 1 heterocycles. The van der Waals surface area contributed by atoms with Crippen LogP contribution in [-0.2, 0) is 9.59 Å². The third-order valence-corrected chi connectivity index (χ3v) is 3.53. The molecule has 0 unspecified atom stereocenters. The second kappa shape index (κ2) is 6.19. The summed E-state index contributed by atoms with van der Waals surface area (Å²) in [6, 6.07) is 6.18. The van der Waals surface area contributed by atoms with Crippen LogP contribution in [0, 0.1) is 0 Å². The molecule has 1 aliphatic heterocycles. The van der Waals surface area contributed by atoms with Crippen LogP contribution < -0.4 is 10.6 Å². The highest BCUT2D eigenvalue weighted by Gasteiger charge is 2.35. The number of benzene rings is 1. The van der Waals surface area contributed by atoms with E-state index < -0.39 is 6.04 Å². The van der Waals surface area contributed by atoms with E-state index in [9.17, 15) is 9.59 Å². The summed E-state index contributed by atoms with van der Waals surface area (Å²) in [6.07, 6.45) is 0.0398. The number of carbonyl (C=O) groups excluding carboxylic acids is 2. The Morgan fingerprint density at radius 2 is 2.10 bits per heavy atom. The zero-order valence-corrected chi connectivity index (χ0v) is 12.4. The lowest BCUT2D eigenvalue weighted by atomic mass is 10.2. The number of thiocarbonyl (C=S) groups is 1. The molecule has 5 nitrogen and oxygen atoms in total. The molecule has 1 fully saturated rings. The van der Waals surface area contributed by atoms with E-state index in [-0.39, 0.29) is 18.2 Å². The lowest BCUT2D eigenvalue weighted by Gasteiger charge is -2.11. The van der Waals surface area contributed by atoms with Gasteiger partial charge in [0.1, 0.15) is 6.04 Å². The fraction of sp³-hybridized carbons (Fsp3) is 0.308. The van der Waals surface area contributed by atoms with Crippen LogP contribution in [0.15, 0.2) is 24.3 Å². The molecule has 0 aliphatic carbocycles. The summed E-state index contributed by atoms with van der Waals surface area (Å²) in [7, 11) is 0. The number of hydrogen-bond donors (Lipinski definition) is 2. The standard InChI is InChI=1S/C13H14ClN3O2S/c1-2-17-12(19)10(16-13(17)20)7-11(18)15-9-5-3-8(14)4-6-9/h3-6,10H,2,7H2,1H3,(H,15,18)(H,16,20)/t10-/m1/s1. The van der Waals surface area contributed by atoms with Crippen LogP contribution in [0.4, 0.5) is 5.69 Å². The average Bonchev–Trinajstić information content (AvgIpc) is 2.67. The zero-order chi connectivity index (χ0) is 14.7. The fourth-order valence-corrected chi connectivity index (χ4v) is 2.43. The van der Waals surface area contributed by atoms with Gasteiger partial charge < -0.3 is 10.6 Å². The van der Waals surface area contributed by atoms with Crippen molar-refractivity contribution in [2.75, 3.05) is 11.9 Å². The molecule has 1 aromatic rings. The molecule has 0 bridgehead atoms. The molecule has 1 saturated heterocycles.